The number of nitrogens with zero attached hydrogens (tertiary/aromatic N) is 4. The molecule has 0 unspecified atom stereocenters. The summed E-state index contributed by atoms with van der Waals surface area (Å²) in [7, 11) is 1.54. The molecule has 2 fully saturated rings. The first-order valence-corrected chi connectivity index (χ1v) is 14.0. The average Bonchev–Trinajstić information content (AvgIpc) is 3.44. The molecule has 2 amide bonds. The number of piperidine rings is 1. The smallest absolute Gasteiger partial charge is 0.410 e. The second-order valence-electron chi connectivity index (χ2n) is 10.7. The molecule has 2 atom stereocenters. The Balaban J connectivity index is 1.28. The Morgan fingerprint density at radius 1 is 1.00 bits per heavy atom. The fourth-order valence-corrected chi connectivity index (χ4v) is 5.78. The monoisotopic (exact) mass is 622 g/mol. The van der Waals surface area contributed by atoms with E-state index in [1.54, 1.807) is 11.0 Å². The van der Waals surface area contributed by atoms with Crippen LogP contribution in [0.2, 0.25) is 5.02 Å². The summed E-state index contributed by atoms with van der Waals surface area (Å²) < 4.78 is 71.3. The number of likely N-dealkylation sites (tertiary alicyclic amines) is 1. The van der Waals surface area contributed by atoms with Crippen LogP contribution < -0.4 is 9.64 Å². The first-order valence-electron chi connectivity index (χ1n) is 13.6. The van der Waals surface area contributed by atoms with E-state index in [4.69, 9.17) is 16.3 Å². The Bertz CT molecular complexity index is 1460. The third-order valence-electron chi connectivity index (χ3n) is 8.02. The van der Waals surface area contributed by atoms with Crippen LogP contribution in [0.25, 0.3) is 0 Å². The summed E-state index contributed by atoms with van der Waals surface area (Å²) in [5.74, 6) is -1.35. The van der Waals surface area contributed by atoms with E-state index in [0.29, 0.717) is 37.3 Å². The number of carbonyl (C=O) groups is 2. The molecule has 0 radical (unpaired) electrons. The maximum Gasteiger partial charge on any atom is 0.417 e. The van der Waals surface area contributed by atoms with Gasteiger partial charge in [-0.2, -0.15) is 13.2 Å². The van der Waals surface area contributed by atoms with Crippen molar-refractivity contribution in [3.05, 3.63) is 88.6 Å². The number of rotatable bonds is 5. The molecule has 3 heterocycles. The fraction of sp³-hybridized carbons (Fsp3) is 0.367. The van der Waals surface area contributed by atoms with Crippen molar-refractivity contribution in [1.29, 1.82) is 0 Å². The lowest BCUT2D eigenvalue weighted by atomic mass is 9.93. The number of aromatic nitrogens is 1. The van der Waals surface area contributed by atoms with Gasteiger partial charge in [0.1, 0.15) is 23.2 Å². The van der Waals surface area contributed by atoms with Crippen LogP contribution in [-0.2, 0) is 11.0 Å². The van der Waals surface area contributed by atoms with Gasteiger partial charge in [0.15, 0.2) is 0 Å². The summed E-state index contributed by atoms with van der Waals surface area (Å²) in [5, 5.41) is -0.0817. The minimum atomic E-state index is -4.47. The second kappa shape index (κ2) is 12.4. The molecule has 5 rings (SSSR count). The molecular formula is C30H28ClF5N4O3. The molecule has 3 aromatic rings. The Morgan fingerprint density at radius 2 is 1.70 bits per heavy atom. The Morgan fingerprint density at radius 3 is 2.30 bits per heavy atom. The van der Waals surface area contributed by atoms with Gasteiger partial charge in [0.05, 0.1) is 16.6 Å². The highest BCUT2D eigenvalue weighted by atomic mass is 35.5. The van der Waals surface area contributed by atoms with E-state index < -0.39 is 41.4 Å². The average molecular weight is 623 g/mol. The number of amides is 2. The summed E-state index contributed by atoms with van der Waals surface area (Å²) in [6.45, 7) is 1.31. The van der Waals surface area contributed by atoms with E-state index in [2.05, 4.69) is 4.98 Å². The van der Waals surface area contributed by atoms with Gasteiger partial charge in [0.25, 0.3) is 0 Å². The number of alkyl halides is 3. The summed E-state index contributed by atoms with van der Waals surface area (Å²) in [4.78, 5) is 35.6. The number of anilines is 1. The molecule has 13 heteroatoms. The van der Waals surface area contributed by atoms with Gasteiger partial charge < -0.3 is 19.4 Å². The van der Waals surface area contributed by atoms with Crippen molar-refractivity contribution in [3.63, 3.8) is 0 Å². The highest BCUT2D eigenvalue weighted by Gasteiger charge is 2.42. The highest BCUT2D eigenvalue weighted by Crippen LogP contribution is 2.35. The molecule has 2 aliphatic rings. The molecule has 2 aromatic carbocycles. The van der Waals surface area contributed by atoms with Crippen molar-refractivity contribution < 1.29 is 36.3 Å². The molecular weight excluding hydrogens is 595 g/mol. The molecule has 2 aliphatic heterocycles. The van der Waals surface area contributed by atoms with E-state index in [9.17, 15) is 31.5 Å². The molecule has 2 saturated heterocycles. The molecule has 228 valence electrons. The third kappa shape index (κ3) is 6.84. The first-order chi connectivity index (χ1) is 20.4. The standard InChI is InChI=1S/C30H28ClF5N4O3/c1-38(29(42)43-22-6-4-21(32)5-7-22)26-17-40(16-23(26)19-2-8-25(33)24(31)14-19)28(41)18-10-12-39(13-11-18)27-9-3-20(15-37-27)30(34,35)36/h2-9,14-15,18,23,26H,10-13,16-17H2,1H3/t23-,26+/m0/s1. The summed E-state index contributed by atoms with van der Waals surface area (Å²) in [6.07, 6.45) is -3.43. The number of benzene rings is 2. The minimum Gasteiger partial charge on any atom is -0.410 e. The van der Waals surface area contributed by atoms with Crippen molar-refractivity contribution in [3.8, 4) is 5.75 Å². The normalized spacial score (nSPS) is 19.4. The SMILES string of the molecule is CN(C(=O)Oc1ccc(F)cc1)[C@@H]1CN(C(=O)C2CCN(c3ccc(C(F)(F)F)cn3)CC2)C[C@H]1c1ccc(F)c(Cl)c1. The molecule has 0 aliphatic carbocycles. The highest BCUT2D eigenvalue weighted by molar-refractivity contribution is 6.30. The molecule has 0 spiro atoms. The van der Waals surface area contributed by atoms with Crippen LogP contribution in [0, 0.1) is 17.6 Å². The molecule has 0 saturated carbocycles. The van der Waals surface area contributed by atoms with Crippen LogP contribution in [0.15, 0.2) is 60.8 Å². The number of pyridine rings is 1. The quantitative estimate of drug-likeness (QED) is 0.309. The van der Waals surface area contributed by atoms with E-state index >= 15 is 0 Å². The van der Waals surface area contributed by atoms with E-state index in [1.807, 2.05) is 4.90 Å². The van der Waals surface area contributed by atoms with Crippen LogP contribution >= 0.6 is 11.6 Å². The number of carbonyl (C=O) groups excluding carboxylic acids is 2. The zero-order valence-electron chi connectivity index (χ0n) is 23.0. The lowest BCUT2D eigenvalue weighted by Gasteiger charge is -2.34. The summed E-state index contributed by atoms with van der Waals surface area (Å²) in [6, 6.07) is 11.1. The molecule has 0 N–H and O–H groups in total. The van der Waals surface area contributed by atoms with Gasteiger partial charge in [-0.05, 0) is 66.9 Å². The van der Waals surface area contributed by atoms with Gasteiger partial charge in [0.2, 0.25) is 5.91 Å². The summed E-state index contributed by atoms with van der Waals surface area (Å²) >= 11 is 6.06. The molecule has 43 heavy (non-hydrogen) atoms. The Hall–Kier alpha value is -3.93. The van der Waals surface area contributed by atoms with Crippen LogP contribution in [0.1, 0.15) is 29.9 Å². The topological polar surface area (TPSA) is 66.0 Å². The van der Waals surface area contributed by atoms with E-state index in [-0.39, 0.29) is 35.7 Å². The van der Waals surface area contributed by atoms with Crippen LogP contribution in [0.3, 0.4) is 0 Å². The lowest BCUT2D eigenvalue weighted by Crippen LogP contribution is -2.45. The number of halogens is 6. The maximum absolute atomic E-state index is 13.9. The van der Waals surface area contributed by atoms with Crippen molar-refractivity contribution in [2.24, 2.45) is 5.92 Å². The number of hydrogen-bond donors (Lipinski definition) is 0. The largest absolute Gasteiger partial charge is 0.417 e. The van der Waals surface area contributed by atoms with Crippen molar-refractivity contribution in [2.45, 2.75) is 31.0 Å². The van der Waals surface area contributed by atoms with E-state index in [0.717, 1.165) is 12.3 Å². The van der Waals surface area contributed by atoms with Gasteiger partial charge in [-0.25, -0.2) is 18.6 Å². The van der Waals surface area contributed by atoms with Gasteiger partial charge >= 0.3 is 12.3 Å². The predicted molar refractivity (Wildman–Crippen MR) is 149 cm³/mol. The van der Waals surface area contributed by atoms with Gasteiger partial charge in [0, 0.05) is 51.3 Å². The van der Waals surface area contributed by atoms with Crippen LogP contribution in [0.5, 0.6) is 5.75 Å². The van der Waals surface area contributed by atoms with Gasteiger partial charge in [-0.1, -0.05) is 17.7 Å². The Labute approximate surface area is 249 Å². The minimum absolute atomic E-state index is 0.0817. The van der Waals surface area contributed by atoms with Gasteiger partial charge in [-0.15, -0.1) is 0 Å². The van der Waals surface area contributed by atoms with Crippen molar-refractivity contribution >= 4 is 29.4 Å². The van der Waals surface area contributed by atoms with Gasteiger partial charge in [-0.3, -0.25) is 4.79 Å². The third-order valence-corrected chi connectivity index (χ3v) is 8.31. The maximum atomic E-state index is 13.9. The first kappa shape index (κ1) is 30.5. The summed E-state index contributed by atoms with van der Waals surface area (Å²) in [5.41, 5.74) is -0.176. The molecule has 7 nitrogen and oxygen atoms in total. The van der Waals surface area contributed by atoms with Crippen molar-refractivity contribution in [1.82, 2.24) is 14.8 Å². The molecule has 1 aromatic heterocycles. The lowest BCUT2D eigenvalue weighted by molar-refractivity contribution is -0.138. The van der Waals surface area contributed by atoms with Crippen LogP contribution in [0.4, 0.5) is 32.6 Å². The zero-order chi connectivity index (χ0) is 30.9. The number of hydrogen-bond acceptors (Lipinski definition) is 5. The second-order valence-corrected chi connectivity index (χ2v) is 11.1. The number of ether oxygens (including phenoxy) is 1. The van der Waals surface area contributed by atoms with Crippen molar-refractivity contribution in [2.75, 3.05) is 38.1 Å². The number of likely N-dealkylation sites (N-methyl/N-ethyl adjacent to an activating group) is 1. The van der Waals surface area contributed by atoms with Crippen LogP contribution in [-0.4, -0.2) is 66.1 Å². The van der Waals surface area contributed by atoms with E-state index in [1.165, 1.54) is 54.4 Å². The predicted octanol–water partition coefficient (Wildman–Crippen LogP) is 6.37. The molecule has 0 bridgehead atoms. The Kier molecular flexibility index (Phi) is 8.77. The zero-order valence-corrected chi connectivity index (χ0v) is 23.8. The fourth-order valence-electron chi connectivity index (χ4n) is 5.59.